The molecule has 1 saturated carbocycles. The van der Waals surface area contributed by atoms with E-state index in [1.54, 1.807) is 0 Å². The Morgan fingerprint density at radius 3 is 2.39 bits per heavy atom. The molecular formula is C32H34N4. The Balaban J connectivity index is 1.59. The van der Waals surface area contributed by atoms with Crippen LogP contribution >= 0.6 is 0 Å². The number of fused-ring (bicyclic) bond motifs is 1. The van der Waals surface area contributed by atoms with Crippen molar-refractivity contribution < 1.29 is 0 Å². The minimum Gasteiger partial charge on any atom is -0.336 e. The largest absolute Gasteiger partial charge is 0.336 e. The van der Waals surface area contributed by atoms with Crippen LogP contribution in [0.2, 0.25) is 0 Å². The second-order valence-electron chi connectivity index (χ2n) is 10.6. The van der Waals surface area contributed by atoms with Crippen LogP contribution in [-0.4, -0.2) is 26.8 Å². The molecule has 3 aromatic heterocycles. The van der Waals surface area contributed by atoms with Gasteiger partial charge in [-0.3, -0.25) is 15.0 Å². The van der Waals surface area contributed by atoms with Gasteiger partial charge in [-0.2, -0.15) is 0 Å². The van der Waals surface area contributed by atoms with Crippen molar-refractivity contribution >= 4 is 22.3 Å². The lowest BCUT2D eigenvalue weighted by Gasteiger charge is -2.31. The zero-order valence-electron chi connectivity index (χ0n) is 21.5. The molecule has 1 aliphatic heterocycles. The SMILES string of the molecule is CC1=NCC(C)=C1c1cnc2c(-c3ccc(C)cc3)cn(C(c3ccccn3)C3CCCCC3)c2c1. The van der Waals surface area contributed by atoms with E-state index in [1.165, 1.54) is 65.5 Å². The molecular weight excluding hydrogens is 440 g/mol. The Kier molecular flexibility index (Phi) is 6.04. The minimum atomic E-state index is 0.193. The molecule has 1 unspecified atom stereocenters. The summed E-state index contributed by atoms with van der Waals surface area (Å²) >= 11 is 0. The molecule has 0 spiro atoms. The fraction of sp³-hybridized carbons (Fsp3) is 0.344. The van der Waals surface area contributed by atoms with E-state index >= 15 is 0 Å². The van der Waals surface area contributed by atoms with Gasteiger partial charge < -0.3 is 4.57 Å². The Morgan fingerprint density at radius 1 is 0.889 bits per heavy atom. The second kappa shape index (κ2) is 9.50. The summed E-state index contributed by atoms with van der Waals surface area (Å²) in [6, 6.07) is 17.7. The van der Waals surface area contributed by atoms with E-state index in [0.29, 0.717) is 5.92 Å². The third-order valence-corrected chi connectivity index (χ3v) is 8.05. The van der Waals surface area contributed by atoms with Crippen LogP contribution in [0.25, 0.3) is 27.7 Å². The lowest BCUT2D eigenvalue weighted by molar-refractivity contribution is 0.279. The molecule has 0 saturated heterocycles. The van der Waals surface area contributed by atoms with Crippen LogP contribution in [0, 0.1) is 12.8 Å². The highest BCUT2D eigenvalue weighted by Gasteiger charge is 2.30. The van der Waals surface area contributed by atoms with Crippen LogP contribution in [0.1, 0.15) is 68.8 Å². The van der Waals surface area contributed by atoms with Gasteiger partial charge in [0.25, 0.3) is 0 Å². The van der Waals surface area contributed by atoms with Gasteiger partial charge in [-0.15, -0.1) is 0 Å². The summed E-state index contributed by atoms with van der Waals surface area (Å²) in [6.45, 7) is 7.23. The Bertz CT molecular complexity index is 1450. The monoisotopic (exact) mass is 474 g/mol. The van der Waals surface area contributed by atoms with Gasteiger partial charge in [0, 0.05) is 41.0 Å². The van der Waals surface area contributed by atoms with Gasteiger partial charge in [0.2, 0.25) is 0 Å². The van der Waals surface area contributed by atoms with Crippen LogP contribution in [0.4, 0.5) is 0 Å². The van der Waals surface area contributed by atoms with Crippen molar-refractivity contribution in [3.05, 3.63) is 89.5 Å². The standard InChI is InChI=1S/C32H34N4/c1-21-12-14-24(15-13-21)27-20-36(32(25-9-5-4-6-10-25)28-11-7-8-16-33-28)29-17-26(19-35-31(27)29)30-22(2)18-34-23(30)3/h7-8,11-17,19-20,25,32H,4-6,9-10,18H2,1-3H3. The number of pyridine rings is 2. The van der Waals surface area contributed by atoms with Crippen LogP contribution < -0.4 is 0 Å². The molecule has 1 atom stereocenters. The highest BCUT2D eigenvalue weighted by Crippen LogP contribution is 2.41. The van der Waals surface area contributed by atoms with Crippen LogP contribution in [0.5, 0.6) is 0 Å². The molecule has 0 bridgehead atoms. The average Bonchev–Trinajstić information content (AvgIpc) is 3.45. The summed E-state index contributed by atoms with van der Waals surface area (Å²) < 4.78 is 2.50. The van der Waals surface area contributed by atoms with Gasteiger partial charge in [-0.05, 0) is 68.9 Å². The molecule has 4 heterocycles. The van der Waals surface area contributed by atoms with E-state index in [4.69, 9.17) is 15.0 Å². The van der Waals surface area contributed by atoms with Gasteiger partial charge in [0.05, 0.1) is 29.3 Å². The first-order valence-electron chi connectivity index (χ1n) is 13.3. The number of benzene rings is 1. The van der Waals surface area contributed by atoms with Gasteiger partial charge in [-0.1, -0.05) is 55.2 Å². The Hall–Kier alpha value is -3.53. The predicted octanol–water partition coefficient (Wildman–Crippen LogP) is 7.82. The molecule has 1 aliphatic carbocycles. The lowest BCUT2D eigenvalue weighted by atomic mass is 9.82. The first-order valence-corrected chi connectivity index (χ1v) is 13.3. The number of hydrogen-bond acceptors (Lipinski definition) is 3. The summed E-state index contributed by atoms with van der Waals surface area (Å²) in [5.41, 5.74) is 11.9. The maximum Gasteiger partial charge on any atom is 0.0960 e. The lowest BCUT2D eigenvalue weighted by Crippen LogP contribution is -2.23. The number of allylic oxidation sites excluding steroid dienone is 1. The highest BCUT2D eigenvalue weighted by molar-refractivity contribution is 6.25. The van der Waals surface area contributed by atoms with Gasteiger partial charge in [0.15, 0.2) is 0 Å². The normalized spacial score (nSPS) is 17.6. The van der Waals surface area contributed by atoms with Gasteiger partial charge >= 0.3 is 0 Å². The number of rotatable bonds is 5. The van der Waals surface area contributed by atoms with Crippen molar-refractivity contribution in [2.45, 2.75) is 58.9 Å². The van der Waals surface area contributed by atoms with E-state index in [0.717, 1.165) is 29.0 Å². The van der Waals surface area contributed by atoms with Crippen LogP contribution in [-0.2, 0) is 0 Å². The van der Waals surface area contributed by atoms with E-state index in [9.17, 15) is 0 Å². The molecule has 4 aromatic rings. The van der Waals surface area contributed by atoms with Crippen molar-refractivity contribution in [3.8, 4) is 11.1 Å². The maximum atomic E-state index is 5.10. The number of hydrogen-bond donors (Lipinski definition) is 0. The summed E-state index contributed by atoms with van der Waals surface area (Å²) in [5.74, 6) is 0.564. The third kappa shape index (κ3) is 4.09. The first kappa shape index (κ1) is 22.9. The molecule has 4 nitrogen and oxygen atoms in total. The maximum absolute atomic E-state index is 5.10. The zero-order valence-corrected chi connectivity index (χ0v) is 21.5. The fourth-order valence-electron chi connectivity index (χ4n) is 6.21. The zero-order chi connectivity index (χ0) is 24.6. The third-order valence-electron chi connectivity index (χ3n) is 8.05. The van der Waals surface area contributed by atoms with Crippen molar-refractivity contribution in [2.24, 2.45) is 10.9 Å². The molecule has 1 fully saturated rings. The van der Waals surface area contributed by atoms with E-state index in [1.807, 2.05) is 18.5 Å². The van der Waals surface area contributed by atoms with E-state index in [2.05, 4.69) is 74.0 Å². The Labute approximate surface area is 213 Å². The average molecular weight is 475 g/mol. The minimum absolute atomic E-state index is 0.193. The molecule has 2 aliphatic rings. The number of aliphatic imine (C=N–C) groups is 1. The second-order valence-corrected chi connectivity index (χ2v) is 10.6. The number of nitrogens with zero attached hydrogens (tertiary/aromatic N) is 4. The molecule has 1 aromatic carbocycles. The molecule has 0 amide bonds. The van der Waals surface area contributed by atoms with Crippen molar-refractivity contribution in [3.63, 3.8) is 0 Å². The molecule has 182 valence electrons. The predicted molar refractivity (Wildman–Crippen MR) is 149 cm³/mol. The summed E-state index contributed by atoms with van der Waals surface area (Å²) in [6.07, 6.45) is 12.7. The van der Waals surface area contributed by atoms with Gasteiger partial charge in [0.1, 0.15) is 0 Å². The van der Waals surface area contributed by atoms with Crippen LogP contribution in [0.15, 0.2) is 77.7 Å². The molecule has 4 heteroatoms. The number of aromatic nitrogens is 3. The Morgan fingerprint density at radius 2 is 1.69 bits per heavy atom. The molecule has 6 rings (SSSR count). The van der Waals surface area contributed by atoms with E-state index in [-0.39, 0.29) is 6.04 Å². The number of aryl methyl sites for hydroxylation is 1. The summed E-state index contributed by atoms with van der Waals surface area (Å²) in [4.78, 5) is 14.7. The topological polar surface area (TPSA) is 43.1 Å². The molecule has 36 heavy (non-hydrogen) atoms. The van der Waals surface area contributed by atoms with Crippen molar-refractivity contribution in [1.29, 1.82) is 0 Å². The summed E-state index contributed by atoms with van der Waals surface area (Å²) in [7, 11) is 0. The van der Waals surface area contributed by atoms with Gasteiger partial charge in [-0.25, -0.2) is 0 Å². The van der Waals surface area contributed by atoms with Crippen molar-refractivity contribution in [2.75, 3.05) is 6.54 Å². The molecule has 0 N–H and O–H groups in total. The smallest absolute Gasteiger partial charge is 0.0960 e. The van der Waals surface area contributed by atoms with E-state index < -0.39 is 0 Å². The van der Waals surface area contributed by atoms with Crippen molar-refractivity contribution in [1.82, 2.24) is 14.5 Å². The fourth-order valence-corrected chi connectivity index (χ4v) is 6.21. The summed E-state index contributed by atoms with van der Waals surface area (Å²) in [5, 5.41) is 0. The first-order chi connectivity index (χ1) is 17.6. The molecule has 0 radical (unpaired) electrons. The van der Waals surface area contributed by atoms with Crippen LogP contribution in [0.3, 0.4) is 0 Å². The quantitative estimate of drug-likeness (QED) is 0.296. The highest BCUT2D eigenvalue weighted by atomic mass is 15.0.